The first-order valence-corrected chi connectivity index (χ1v) is 6.78. The Morgan fingerprint density at radius 2 is 2.11 bits per heavy atom. The molecule has 0 bridgehead atoms. The molecule has 1 heterocycles. The van der Waals surface area contributed by atoms with Gasteiger partial charge in [-0.25, -0.2) is 4.79 Å². The molecule has 18 heavy (non-hydrogen) atoms. The van der Waals surface area contributed by atoms with Crippen molar-refractivity contribution in [1.29, 1.82) is 0 Å². The molecule has 1 fully saturated rings. The van der Waals surface area contributed by atoms with Crippen molar-refractivity contribution in [3.63, 3.8) is 0 Å². The quantitative estimate of drug-likeness (QED) is 0.776. The molecule has 2 atom stereocenters. The summed E-state index contributed by atoms with van der Waals surface area (Å²) in [6.45, 7) is 4.84. The number of likely N-dealkylation sites (tertiary alicyclic amines) is 1. The number of carboxylic acids is 1. The number of amides is 1. The molecule has 0 saturated carbocycles. The number of nitrogens with zero attached hydrogens (tertiary/aromatic N) is 1. The molecular weight excluding hydrogens is 232 g/mol. The maximum Gasteiger partial charge on any atom is 0.327 e. The van der Waals surface area contributed by atoms with Gasteiger partial charge in [-0.05, 0) is 25.8 Å². The maximum absolute atomic E-state index is 11.1. The number of hydrogen-bond donors (Lipinski definition) is 2. The summed E-state index contributed by atoms with van der Waals surface area (Å²) in [6, 6.07) is -0.349. The van der Waals surface area contributed by atoms with Crippen LogP contribution in [0.4, 0.5) is 0 Å². The topological polar surface area (TPSA) is 69.6 Å². The first-order chi connectivity index (χ1) is 8.54. The van der Waals surface area contributed by atoms with E-state index < -0.39 is 12.0 Å². The van der Waals surface area contributed by atoms with Gasteiger partial charge < -0.3 is 10.4 Å². The Kier molecular flexibility index (Phi) is 6.12. The van der Waals surface area contributed by atoms with Crippen molar-refractivity contribution in [2.75, 3.05) is 13.1 Å². The Morgan fingerprint density at radius 3 is 2.67 bits per heavy atom. The van der Waals surface area contributed by atoms with Gasteiger partial charge in [0.2, 0.25) is 5.91 Å². The van der Waals surface area contributed by atoms with Crippen LogP contribution in [0.3, 0.4) is 0 Å². The number of rotatable bonds is 5. The molecule has 1 rings (SSSR count). The van der Waals surface area contributed by atoms with Crippen LogP contribution in [0.5, 0.6) is 0 Å². The molecule has 5 heteroatoms. The molecule has 104 valence electrons. The third-order valence-corrected chi connectivity index (χ3v) is 3.56. The summed E-state index contributed by atoms with van der Waals surface area (Å²) in [5.74, 6) is -1.24. The monoisotopic (exact) mass is 256 g/mol. The van der Waals surface area contributed by atoms with E-state index in [4.69, 9.17) is 5.11 Å². The SMILES string of the molecule is CCC1CCCCCN1CC(NC(C)=O)C(=O)O. The van der Waals surface area contributed by atoms with Gasteiger partial charge in [-0.1, -0.05) is 19.8 Å². The summed E-state index contributed by atoms with van der Waals surface area (Å²) in [6.07, 6.45) is 5.70. The Morgan fingerprint density at radius 1 is 1.39 bits per heavy atom. The fourth-order valence-electron chi connectivity index (χ4n) is 2.60. The second-order valence-corrected chi connectivity index (χ2v) is 5.00. The van der Waals surface area contributed by atoms with E-state index in [9.17, 15) is 9.59 Å². The lowest BCUT2D eigenvalue weighted by Gasteiger charge is -2.31. The van der Waals surface area contributed by atoms with Crippen molar-refractivity contribution < 1.29 is 14.7 Å². The van der Waals surface area contributed by atoms with E-state index in [0.29, 0.717) is 12.6 Å². The van der Waals surface area contributed by atoms with Crippen LogP contribution in [0.25, 0.3) is 0 Å². The zero-order valence-corrected chi connectivity index (χ0v) is 11.3. The van der Waals surface area contributed by atoms with E-state index >= 15 is 0 Å². The molecule has 1 amide bonds. The average molecular weight is 256 g/mol. The minimum atomic E-state index is -0.954. The standard InChI is InChI=1S/C13H24N2O3/c1-3-11-7-5-4-6-8-15(11)9-12(13(17)18)14-10(2)16/h11-12H,3-9H2,1-2H3,(H,14,16)(H,17,18). The summed E-state index contributed by atoms with van der Waals surface area (Å²) in [4.78, 5) is 24.4. The highest BCUT2D eigenvalue weighted by molar-refractivity contribution is 5.82. The minimum absolute atomic E-state index is 0.287. The molecule has 0 aromatic heterocycles. The third kappa shape index (κ3) is 4.64. The minimum Gasteiger partial charge on any atom is -0.480 e. The second kappa shape index (κ2) is 7.36. The van der Waals surface area contributed by atoms with Crippen molar-refractivity contribution in [2.24, 2.45) is 0 Å². The van der Waals surface area contributed by atoms with Gasteiger partial charge in [0.25, 0.3) is 0 Å². The van der Waals surface area contributed by atoms with Gasteiger partial charge in [-0.15, -0.1) is 0 Å². The first kappa shape index (κ1) is 15.0. The zero-order valence-electron chi connectivity index (χ0n) is 11.3. The third-order valence-electron chi connectivity index (χ3n) is 3.56. The largest absolute Gasteiger partial charge is 0.480 e. The fraction of sp³-hybridized carbons (Fsp3) is 0.846. The van der Waals surface area contributed by atoms with E-state index in [1.165, 1.54) is 19.8 Å². The van der Waals surface area contributed by atoms with Crippen LogP contribution in [0.15, 0.2) is 0 Å². The maximum atomic E-state index is 11.1. The van der Waals surface area contributed by atoms with Crippen molar-refractivity contribution in [3.8, 4) is 0 Å². The van der Waals surface area contributed by atoms with E-state index in [0.717, 1.165) is 25.8 Å². The molecule has 0 spiro atoms. The number of carbonyl (C=O) groups excluding carboxylic acids is 1. The van der Waals surface area contributed by atoms with Gasteiger partial charge in [-0.3, -0.25) is 9.69 Å². The van der Waals surface area contributed by atoms with Gasteiger partial charge in [0.15, 0.2) is 0 Å². The van der Waals surface area contributed by atoms with Crippen molar-refractivity contribution in [1.82, 2.24) is 10.2 Å². The van der Waals surface area contributed by atoms with Crippen molar-refractivity contribution >= 4 is 11.9 Å². The lowest BCUT2D eigenvalue weighted by atomic mass is 10.1. The van der Waals surface area contributed by atoms with E-state index in [1.807, 2.05) is 0 Å². The van der Waals surface area contributed by atoms with Crippen LogP contribution in [0, 0.1) is 0 Å². The van der Waals surface area contributed by atoms with Gasteiger partial charge >= 0.3 is 5.97 Å². The lowest BCUT2D eigenvalue weighted by Crippen LogP contribution is -2.50. The van der Waals surface area contributed by atoms with E-state index in [1.54, 1.807) is 0 Å². The van der Waals surface area contributed by atoms with Crippen LogP contribution < -0.4 is 5.32 Å². The van der Waals surface area contributed by atoms with Crippen molar-refractivity contribution in [2.45, 2.75) is 58.0 Å². The molecular formula is C13H24N2O3. The van der Waals surface area contributed by atoms with Gasteiger partial charge in [-0.2, -0.15) is 0 Å². The molecule has 1 aliphatic heterocycles. The van der Waals surface area contributed by atoms with Crippen LogP contribution in [-0.2, 0) is 9.59 Å². The Bertz CT molecular complexity index is 294. The molecule has 0 aliphatic carbocycles. The molecule has 0 aromatic rings. The highest BCUT2D eigenvalue weighted by Gasteiger charge is 2.26. The van der Waals surface area contributed by atoms with Crippen LogP contribution in [0.2, 0.25) is 0 Å². The molecule has 0 radical (unpaired) electrons. The van der Waals surface area contributed by atoms with Gasteiger partial charge in [0.05, 0.1) is 0 Å². The first-order valence-electron chi connectivity index (χ1n) is 6.78. The number of carboxylic acid groups (broad SMARTS) is 1. The molecule has 0 aromatic carbocycles. The molecule has 1 saturated heterocycles. The average Bonchev–Trinajstić information content (AvgIpc) is 2.52. The Balaban J connectivity index is 2.64. The number of hydrogen-bond acceptors (Lipinski definition) is 3. The number of aliphatic carboxylic acids is 1. The van der Waals surface area contributed by atoms with Crippen LogP contribution in [0.1, 0.15) is 46.0 Å². The predicted octanol–water partition coefficient (Wildman–Crippen LogP) is 1.23. The summed E-state index contributed by atoms with van der Waals surface area (Å²) < 4.78 is 0. The van der Waals surface area contributed by atoms with Gasteiger partial charge in [0.1, 0.15) is 6.04 Å². The molecule has 2 N–H and O–H groups in total. The van der Waals surface area contributed by atoms with Crippen molar-refractivity contribution in [3.05, 3.63) is 0 Å². The number of carbonyl (C=O) groups is 2. The van der Waals surface area contributed by atoms with E-state index in [-0.39, 0.29) is 5.91 Å². The number of nitrogens with one attached hydrogen (secondary N) is 1. The van der Waals surface area contributed by atoms with Gasteiger partial charge in [0, 0.05) is 19.5 Å². The summed E-state index contributed by atoms with van der Waals surface area (Å²) >= 11 is 0. The molecule has 5 nitrogen and oxygen atoms in total. The molecule has 2 unspecified atom stereocenters. The predicted molar refractivity (Wildman–Crippen MR) is 69.4 cm³/mol. The van der Waals surface area contributed by atoms with Crippen LogP contribution >= 0.6 is 0 Å². The molecule has 1 aliphatic rings. The summed E-state index contributed by atoms with van der Waals surface area (Å²) in [7, 11) is 0. The second-order valence-electron chi connectivity index (χ2n) is 5.00. The summed E-state index contributed by atoms with van der Waals surface area (Å²) in [5.41, 5.74) is 0. The normalized spacial score (nSPS) is 23.1. The van der Waals surface area contributed by atoms with Crippen LogP contribution in [-0.4, -0.2) is 47.1 Å². The Hall–Kier alpha value is -1.10. The lowest BCUT2D eigenvalue weighted by molar-refractivity contribution is -0.142. The zero-order chi connectivity index (χ0) is 13.5. The Labute approximate surface area is 109 Å². The fourth-order valence-corrected chi connectivity index (χ4v) is 2.60. The highest BCUT2D eigenvalue weighted by atomic mass is 16.4. The summed E-state index contributed by atoms with van der Waals surface area (Å²) in [5, 5.41) is 11.7. The van der Waals surface area contributed by atoms with E-state index in [2.05, 4.69) is 17.1 Å². The highest BCUT2D eigenvalue weighted by Crippen LogP contribution is 2.19. The smallest absolute Gasteiger partial charge is 0.327 e.